The summed E-state index contributed by atoms with van der Waals surface area (Å²) in [6.45, 7) is 1.46. The predicted octanol–water partition coefficient (Wildman–Crippen LogP) is 3.47. The second-order valence-corrected chi connectivity index (χ2v) is 5.98. The summed E-state index contributed by atoms with van der Waals surface area (Å²) in [6.07, 6.45) is 3.59. The van der Waals surface area contributed by atoms with Gasteiger partial charge in [-0.05, 0) is 48.6 Å². The number of benzene rings is 1. The van der Waals surface area contributed by atoms with Crippen LogP contribution in [0, 0.1) is 4.64 Å². The molecule has 0 radical (unpaired) electrons. The van der Waals surface area contributed by atoms with E-state index in [-0.39, 0.29) is 11.7 Å². The Balaban J connectivity index is 1.67. The van der Waals surface area contributed by atoms with E-state index in [1.165, 1.54) is 5.56 Å². The number of aromatic amines is 1. The summed E-state index contributed by atoms with van der Waals surface area (Å²) < 4.78 is 0.494. The Morgan fingerprint density at radius 2 is 1.86 bits per heavy atom. The van der Waals surface area contributed by atoms with E-state index in [1.807, 2.05) is 17.0 Å². The molecule has 1 aliphatic heterocycles. The van der Waals surface area contributed by atoms with Crippen LogP contribution < -0.4 is 0 Å². The molecule has 5 heteroatoms. The van der Waals surface area contributed by atoms with Gasteiger partial charge in [-0.2, -0.15) is 0 Å². The average molecular weight is 314 g/mol. The standard InChI is InChI=1S/C17H18N2O2S/c20-14-5-3-12(4-6-14)13-7-10-19(11-8-13)17(21)15-2-1-9-18-16(15)22/h1-6,9,13,20H,7-8,10-11H2,(H,18,22). The molecule has 1 aromatic heterocycles. The molecular formula is C17H18N2O2S. The Hall–Kier alpha value is -2.14. The zero-order valence-electron chi connectivity index (χ0n) is 12.2. The number of rotatable bonds is 2. The maximum Gasteiger partial charge on any atom is 0.256 e. The third-order valence-corrected chi connectivity index (χ3v) is 4.53. The minimum Gasteiger partial charge on any atom is -0.508 e. The lowest BCUT2D eigenvalue weighted by atomic mass is 9.89. The highest BCUT2D eigenvalue weighted by Crippen LogP contribution is 2.29. The summed E-state index contributed by atoms with van der Waals surface area (Å²) in [7, 11) is 0. The Morgan fingerprint density at radius 1 is 1.18 bits per heavy atom. The van der Waals surface area contributed by atoms with Crippen molar-refractivity contribution in [2.45, 2.75) is 18.8 Å². The highest BCUT2D eigenvalue weighted by molar-refractivity contribution is 7.71. The van der Waals surface area contributed by atoms with E-state index in [9.17, 15) is 9.90 Å². The van der Waals surface area contributed by atoms with Gasteiger partial charge in [0.2, 0.25) is 0 Å². The van der Waals surface area contributed by atoms with E-state index in [4.69, 9.17) is 12.2 Å². The van der Waals surface area contributed by atoms with Gasteiger partial charge in [-0.25, -0.2) is 0 Å². The van der Waals surface area contributed by atoms with Gasteiger partial charge >= 0.3 is 0 Å². The molecule has 0 atom stereocenters. The van der Waals surface area contributed by atoms with Crippen molar-refractivity contribution in [2.24, 2.45) is 0 Å². The summed E-state index contributed by atoms with van der Waals surface area (Å²) in [5, 5.41) is 9.36. The highest BCUT2D eigenvalue weighted by Gasteiger charge is 2.25. The van der Waals surface area contributed by atoms with Gasteiger partial charge in [-0.15, -0.1) is 0 Å². The molecule has 3 rings (SSSR count). The van der Waals surface area contributed by atoms with Crippen molar-refractivity contribution < 1.29 is 9.90 Å². The summed E-state index contributed by atoms with van der Waals surface area (Å²) >= 11 is 5.18. The molecule has 0 unspecified atom stereocenters. The molecule has 1 fully saturated rings. The minimum absolute atomic E-state index is 0.00556. The van der Waals surface area contributed by atoms with Gasteiger partial charge in [0, 0.05) is 19.3 Å². The summed E-state index contributed by atoms with van der Waals surface area (Å²) in [4.78, 5) is 17.3. The monoisotopic (exact) mass is 314 g/mol. The lowest BCUT2D eigenvalue weighted by Crippen LogP contribution is -2.38. The van der Waals surface area contributed by atoms with Crippen LogP contribution in [0.5, 0.6) is 5.75 Å². The lowest BCUT2D eigenvalue weighted by molar-refractivity contribution is 0.0712. The van der Waals surface area contributed by atoms with Crippen molar-refractivity contribution in [1.29, 1.82) is 0 Å². The second kappa shape index (κ2) is 6.32. The maximum atomic E-state index is 12.5. The van der Waals surface area contributed by atoms with Crippen LogP contribution in [0.2, 0.25) is 0 Å². The molecule has 0 aliphatic carbocycles. The molecule has 2 heterocycles. The third kappa shape index (κ3) is 3.04. The number of aromatic hydroxyl groups is 1. The molecule has 22 heavy (non-hydrogen) atoms. The van der Waals surface area contributed by atoms with Crippen LogP contribution in [0.1, 0.15) is 34.7 Å². The molecule has 2 N–H and O–H groups in total. The SMILES string of the molecule is O=C(c1ccc[nH]c1=S)N1CCC(c2ccc(O)cc2)CC1. The van der Waals surface area contributed by atoms with Crippen molar-refractivity contribution in [1.82, 2.24) is 9.88 Å². The zero-order chi connectivity index (χ0) is 15.5. The normalized spacial score (nSPS) is 15.7. The van der Waals surface area contributed by atoms with Gasteiger partial charge in [0.25, 0.3) is 5.91 Å². The molecule has 4 nitrogen and oxygen atoms in total. The molecule has 1 aromatic carbocycles. The first kappa shape index (κ1) is 14.8. The first-order valence-corrected chi connectivity index (χ1v) is 7.82. The average Bonchev–Trinajstić information content (AvgIpc) is 2.56. The molecule has 114 valence electrons. The van der Waals surface area contributed by atoms with E-state index in [0.717, 1.165) is 25.9 Å². The Kier molecular flexibility index (Phi) is 4.24. The second-order valence-electron chi connectivity index (χ2n) is 5.57. The van der Waals surface area contributed by atoms with Gasteiger partial charge < -0.3 is 15.0 Å². The van der Waals surface area contributed by atoms with Crippen molar-refractivity contribution in [3.63, 3.8) is 0 Å². The number of phenolic OH excluding ortho intramolecular Hbond substituents is 1. The van der Waals surface area contributed by atoms with Crippen molar-refractivity contribution >= 4 is 18.1 Å². The summed E-state index contributed by atoms with van der Waals surface area (Å²) in [6, 6.07) is 10.9. The number of hydrogen-bond acceptors (Lipinski definition) is 3. The first-order chi connectivity index (χ1) is 10.6. The smallest absolute Gasteiger partial charge is 0.256 e. The number of carbonyl (C=O) groups is 1. The molecule has 1 amide bonds. The van der Waals surface area contributed by atoms with E-state index < -0.39 is 0 Å². The van der Waals surface area contributed by atoms with Crippen molar-refractivity contribution in [3.05, 3.63) is 58.4 Å². The number of carbonyl (C=O) groups excluding carboxylic acids is 1. The van der Waals surface area contributed by atoms with Crippen LogP contribution in [-0.2, 0) is 0 Å². The predicted molar refractivity (Wildman–Crippen MR) is 87.6 cm³/mol. The van der Waals surface area contributed by atoms with Crippen molar-refractivity contribution in [2.75, 3.05) is 13.1 Å². The maximum absolute atomic E-state index is 12.5. The highest BCUT2D eigenvalue weighted by atomic mass is 32.1. The number of hydrogen-bond donors (Lipinski definition) is 2. The third-order valence-electron chi connectivity index (χ3n) is 4.20. The van der Waals surface area contributed by atoms with Crippen LogP contribution in [-0.4, -0.2) is 34.0 Å². The number of likely N-dealkylation sites (tertiary alicyclic amines) is 1. The van der Waals surface area contributed by atoms with E-state index in [1.54, 1.807) is 30.5 Å². The van der Waals surface area contributed by atoms with Crippen LogP contribution in [0.3, 0.4) is 0 Å². The van der Waals surface area contributed by atoms with E-state index >= 15 is 0 Å². The van der Waals surface area contributed by atoms with Gasteiger partial charge in [-0.1, -0.05) is 24.4 Å². The molecule has 0 spiro atoms. The van der Waals surface area contributed by atoms with Crippen LogP contribution in [0.4, 0.5) is 0 Å². The Morgan fingerprint density at radius 3 is 2.50 bits per heavy atom. The number of aromatic nitrogens is 1. The van der Waals surface area contributed by atoms with E-state index in [2.05, 4.69) is 4.98 Å². The Labute approximate surface area is 134 Å². The Bertz CT molecular complexity index is 716. The van der Waals surface area contributed by atoms with Gasteiger partial charge in [0.1, 0.15) is 10.4 Å². The van der Waals surface area contributed by atoms with E-state index in [0.29, 0.717) is 16.1 Å². The number of phenols is 1. The fraction of sp³-hybridized carbons (Fsp3) is 0.294. The first-order valence-electron chi connectivity index (χ1n) is 7.41. The summed E-state index contributed by atoms with van der Waals surface area (Å²) in [5.41, 5.74) is 1.79. The number of pyridine rings is 1. The molecule has 1 aliphatic rings. The quantitative estimate of drug-likeness (QED) is 0.835. The molecule has 0 bridgehead atoms. The fourth-order valence-corrected chi connectivity index (χ4v) is 3.15. The van der Waals surface area contributed by atoms with Crippen LogP contribution in [0.15, 0.2) is 42.6 Å². The lowest BCUT2D eigenvalue weighted by Gasteiger charge is -2.32. The number of amides is 1. The molecular weight excluding hydrogens is 296 g/mol. The number of H-pyrrole nitrogens is 1. The van der Waals surface area contributed by atoms with Gasteiger partial charge in [0.15, 0.2) is 0 Å². The summed E-state index contributed by atoms with van der Waals surface area (Å²) in [5.74, 6) is 0.732. The van der Waals surface area contributed by atoms with Crippen molar-refractivity contribution in [3.8, 4) is 5.75 Å². The largest absolute Gasteiger partial charge is 0.508 e. The molecule has 0 saturated carbocycles. The topological polar surface area (TPSA) is 56.3 Å². The van der Waals surface area contributed by atoms with Gasteiger partial charge in [-0.3, -0.25) is 4.79 Å². The number of piperidine rings is 1. The molecule has 1 saturated heterocycles. The zero-order valence-corrected chi connectivity index (χ0v) is 13.0. The number of nitrogens with one attached hydrogen (secondary N) is 1. The molecule has 2 aromatic rings. The van der Waals surface area contributed by atoms with Crippen LogP contribution >= 0.6 is 12.2 Å². The van der Waals surface area contributed by atoms with Gasteiger partial charge in [0.05, 0.1) is 5.56 Å². The number of nitrogens with zero attached hydrogens (tertiary/aromatic N) is 1. The minimum atomic E-state index is 0.00556. The fourth-order valence-electron chi connectivity index (χ4n) is 2.92. The van der Waals surface area contributed by atoms with Crippen LogP contribution in [0.25, 0.3) is 0 Å².